The van der Waals surface area contributed by atoms with Gasteiger partial charge in [-0.25, -0.2) is 9.18 Å². The van der Waals surface area contributed by atoms with E-state index in [-0.39, 0.29) is 5.82 Å². The number of halogens is 1. The monoisotopic (exact) mass is 402 g/mol. The summed E-state index contributed by atoms with van der Waals surface area (Å²) < 4.78 is 15.0. The molecule has 2 N–H and O–H groups in total. The number of aromatic nitrogens is 1. The number of nitrogens with zero attached hydrogens (tertiary/aromatic N) is 1. The van der Waals surface area contributed by atoms with Gasteiger partial charge in [-0.2, -0.15) is 0 Å². The third-order valence-electron chi connectivity index (χ3n) is 5.41. The second kappa shape index (κ2) is 8.51. The summed E-state index contributed by atoms with van der Waals surface area (Å²) in [5.41, 5.74) is 5.11. The van der Waals surface area contributed by atoms with Crippen LogP contribution in [0.4, 0.5) is 4.39 Å². The molecule has 0 radical (unpaired) electrons. The van der Waals surface area contributed by atoms with Crippen LogP contribution in [0.15, 0.2) is 72.8 Å². The minimum atomic E-state index is -0.946. The summed E-state index contributed by atoms with van der Waals surface area (Å²) in [5.74, 6) is -1.22. The Bertz CT molecular complexity index is 1200. The Hall–Kier alpha value is -3.44. The van der Waals surface area contributed by atoms with E-state index in [2.05, 4.69) is 5.32 Å². The van der Waals surface area contributed by atoms with Gasteiger partial charge in [-0.1, -0.05) is 54.6 Å². The Balaban J connectivity index is 1.70. The molecule has 30 heavy (non-hydrogen) atoms. The molecule has 0 atom stereocenters. The molecule has 1 aromatic heterocycles. The number of rotatable bonds is 7. The van der Waals surface area contributed by atoms with Crippen LogP contribution in [-0.2, 0) is 19.6 Å². The van der Waals surface area contributed by atoms with Crippen LogP contribution >= 0.6 is 0 Å². The minimum absolute atomic E-state index is 0.272. The first-order chi connectivity index (χ1) is 14.5. The van der Waals surface area contributed by atoms with Crippen molar-refractivity contribution in [2.45, 2.75) is 26.6 Å². The fraction of sp³-hybridized carbons (Fsp3) is 0.160. The van der Waals surface area contributed by atoms with Crippen molar-refractivity contribution in [1.29, 1.82) is 0 Å². The van der Waals surface area contributed by atoms with Gasteiger partial charge in [0.05, 0.1) is 0 Å². The van der Waals surface area contributed by atoms with Crippen LogP contribution < -0.4 is 5.32 Å². The molecule has 0 bridgehead atoms. The van der Waals surface area contributed by atoms with Gasteiger partial charge in [0.15, 0.2) is 0 Å². The maximum Gasteiger partial charge on any atom is 0.352 e. The number of aromatic carboxylic acids is 1. The van der Waals surface area contributed by atoms with Gasteiger partial charge in [-0.05, 0) is 41.8 Å². The van der Waals surface area contributed by atoms with E-state index in [9.17, 15) is 14.3 Å². The van der Waals surface area contributed by atoms with E-state index in [4.69, 9.17) is 0 Å². The zero-order chi connectivity index (χ0) is 21.1. The van der Waals surface area contributed by atoms with E-state index in [1.165, 1.54) is 12.1 Å². The van der Waals surface area contributed by atoms with Crippen LogP contribution in [0.5, 0.6) is 0 Å². The lowest BCUT2D eigenvalue weighted by molar-refractivity contribution is 0.0684. The predicted molar refractivity (Wildman–Crippen MR) is 116 cm³/mol. The van der Waals surface area contributed by atoms with Crippen molar-refractivity contribution in [3.8, 4) is 0 Å². The molecule has 0 unspecified atom stereocenters. The molecule has 0 amide bonds. The molecule has 4 aromatic rings. The van der Waals surface area contributed by atoms with Crippen molar-refractivity contribution in [2.24, 2.45) is 0 Å². The average molecular weight is 402 g/mol. The molecule has 4 rings (SSSR count). The summed E-state index contributed by atoms with van der Waals surface area (Å²) >= 11 is 0. The molecule has 5 heteroatoms. The molecular weight excluding hydrogens is 379 g/mol. The lowest BCUT2D eigenvalue weighted by Crippen LogP contribution is -2.17. The van der Waals surface area contributed by atoms with Crippen molar-refractivity contribution >= 4 is 16.9 Å². The molecule has 0 aliphatic rings. The van der Waals surface area contributed by atoms with E-state index in [0.29, 0.717) is 25.3 Å². The average Bonchev–Trinajstić information content (AvgIpc) is 3.05. The summed E-state index contributed by atoms with van der Waals surface area (Å²) in [5, 5.41) is 14.3. The minimum Gasteiger partial charge on any atom is -0.477 e. The number of carboxylic acids is 1. The molecule has 0 aliphatic heterocycles. The topological polar surface area (TPSA) is 54.3 Å². The van der Waals surface area contributed by atoms with Gasteiger partial charge in [0.2, 0.25) is 0 Å². The van der Waals surface area contributed by atoms with Gasteiger partial charge < -0.3 is 15.0 Å². The fourth-order valence-corrected chi connectivity index (χ4v) is 3.85. The molecule has 0 aliphatic carbocycles. The first-order valence-corrected chi connectivity index (χ1v) is 9.87. The number of aryl methyl sites for hydroxylation is 1. The zero-order valence-electron chi connectivity index (χ0n) is 16.7. The maximum absolute atomic E-state index is 13.1. The molecule has 0 spiro atoms. The third kappa shape index (κ3) is 3.98. The summed E-state index contributed by atoms with van der Waals surface area (Å²) in [6.45, 7) is 3.45. The van der Waals surface area contributed by atoms with Crippen LogP contribution in [0.1, 0.15) is 32.7 Å². The summed E-state index contributed by atoms with van der Waals surface area (Å²) in [7, 11) is 0. The molecule has 1 heterocycles. The summed E-state index contributed by atoms with van der Waals surface area (Å²) in [6.07, 6.45) is 0. The van der Waals surface area contributed by atoms with Crippen LogP contribution in [-0.4, -0.2) is 15.6 Å². The fourth-order valence-electron chi connectivity index (χ4n) is 3.85. The summed E-state index contributed by atoms with van der Waals surface area (Å²) in [6, 6.07) is 22.1. The van der Waals surface area contributed by atoms with E-state index >= 15 is 0 Å². The van der Waals surface area contributed by atoms with E-state index in [0.717, 1.165) is 33.2 Å². The lowest BCUT2D eigenvalue weighted by Gasteiger charge is -2.12. The van der Waals surface area contributed by atoms with Crippen molar-refractivity contribution in [1.82, 2.24) is 9.88 Å². The van der Waals surface area contributed by atoms with Crippen LogP contribution in [0.2, 0.25) is 0 Å². The van der Waals surface area contributed by atoms with Crippen LogP contribution in [0.3, 0.4) is 0 Å². The zero-order valence-corrected chi connectivity index (χ0v) is 16.7. The van der Waals surface area contributed by atoms with Gasteiger partial charge in [0.25, 0.3) is 0 Å². The molecule has 3 aromatic carbocycles. The van der Waals surface area contributed by atoms with E-state index < -0.39 is 5.97 Å². The molecular formula is C25H23FN2O2. The second-order valence-corrected chi connectivity index (χ2v) is 7.39. The predicted octanol–water partition coefficient (Wildman–Crippen LogP) is 5.13. The van der Waals surface area contributed by atoms with E-state index in [1.807, 2.05) is 60.0 Å². The molecule has 0 saturated carbocycles. The number of fused-ring (bicyclic) bond motifs is 1. The van der Waals surface area contributed by atoms with Gasteiger partial charge in [-0.3, -0.25) is 0 Å². The first kappa shape index (κ1) is 19.9. The number of benzene rings is 3. The number of para-hydroxylation sites is 1. The Labute approximate surface area is 174 Å². The quantitative estimate of drug-likeness (QED) is 0.451. The number of hydrogen-bond acceptors (Lipinski definition) is 2. The lowest BCUT2D eigenvalue weighted by atomic mass is 10.1. The number of carbonyl (C=O) groups is 1. The number of carboxylic acid groups (broad SMARTS) is 1. The molecule has 0 saturated heterocycles. The molecule has 4 nitrogen and oxygen atoms in total. The van der Waals surface area contributed by atoms with Crippen molar-refractivity contribution in [3.05, 3.63) is 107 Å². The molecule has 152 valence electrons. The Morgan fingerprint density at radius 2 is 1.67 bits per heavy atom. The van der Waals surface area contributed by atoms with E-state index in [1.54, 1.807) is 12.1 Å². The van der Waals surface area contributed by atoms with Crippen molar-refractivity contribution in [3.63, 3.8) is 0 Å². The van der Waals surface area contributed by atoms with Gasteiger partial charge in [0, 0.05) is 36.1 Å². The van der Waals surface area contributed by atoms with Crippen LogP contribution in [0.25, 0.3) is 10.9 Å². The standard InChI is InChI=1S/C25H23FN2O2/c1-17-6-2-3-7-19(17)16-28-23-9-5-4-8-21(23)22(24(28)25(29)30)15-27-14-18-10-12-20(26)13-11-18/h2-13,27H,14-16H2,1H3,(H,29,30). The highest BCUT2D eigenvalue weighted by atomic mass is 19.1. The highest BCUT2D eigenvalue weighted by molar-refractivity contribution is 5.98. The molecule has 0 fully saturated rings. The highest BCUT2D eigenvalue weighted by Crippen LogP contribution is 2.28. The Kier molecular flexibility index (Phi) is 5.63. The SMILES string of the molecule is Cc1ccccc1Cn1c(C(=O)O)c(CNCc2ccc(F)cc2)c2ccccc21. The van der Waals surface area contributed by atoms with Crippen molar-refractivity contribution in [2.75, 3.05) is 0 Å². The Morgan fingerprint density at radius 1 is 0.967 bits per heavy atom. The Morgan fingerprint density at radius 3 is 2.40 bits per heavy atom. The maximum atomic E-state index is 13.1. The highest BCUT2D eigenvalue weighted by Gasteiger charge is 2.22. The third-order valence-corrected chi connectivity index (χ3v) is 5.41. The number of nitrogens with one attached hydrogen (secondary N) is 1. The number of hydrogen-bond donors (Lipinski definition) is 2. The van der Waals surface area contributed by atoms with Crippen molar-refractivity contribution < 1.29 is 14.3 Å². The van der Waals surface area contributed by atoms with Gasteiger partial charge in [0.1, 0.15) is 11.5 Å². The first-order valence-electron chi connectivity index (χ1n) is 9.87. The largest absolute Gasteiger partial charge is 0.477 e. The van der Waals surface area contributed by atoms with Gasteiger partial charge >= 0.3 is 5.97 Å². The van der Waals surface area contributed by atoms with Crippen LogP contribution in [0, 0.1) is 12.7 Å². The second-order valence-electron chi connectivity index (χ2n) is 7.39. The van der Waals surface area contributed by atoms with Gasteiger partial charge in [-0.15, -0.1) is 0 Å². The normalized spacial score (nSPS) is 11.1. The smallest absolute Gasteiger partial charge is 0.352 e. The summed E-state index contributed by atoms with van der Waals surface area (Å²) in [4.78, 5) is 12.3.